The molecule has 1 unspecified atom stereocenters. The monoisotopic (exact) mass is 271 g/mol. The highest BCUT2D eigenvalue weighted by Gasteiger charge is 2.41. The number of aryl methyl sites for hydroxylation is 1. The van der Waals surface area contributed by atoms with Crippen LogP contribution in [0.5, 0.6) is 0 Å². The molecule has 0 radical (unpaired) electrons. The third kappa shape index (κ3) is 2.46. The van der Waals surface area contributed by atoms with Gasteiger partial charge in [0.25, 0.3) is 5.91 Å². The molecule has 1 amide bonds. The van der Waals surface area contributed by atoms with Crippen molar-refractivity contribution in [3.63, 3.8) is 0 Å². The van der Waals surface area contributed by atoms with E-state index in [1.54, 1.807) is 0 Å². The predicted octanol–water partition coefficient (Wildman–Crippen LogP) is 1.91. The van der Waals surface area contributed by atoms with Crippen LogP contribution in [0.2, 0.25) is 0 Å². The summed E-state index contributed by atoms with van der Waals surface area (Å²) in [4.78, 5) is 23.8. The molecule has 1 fully saturated rings. The number of benzene rings is 1. The van der Waals surface area contributed by atoms with Gasteiger partial charge in [0.2, 0.25) is 0 Å². The van der Waals surface area contributed by atoms with Gasteiger partial charge in [0.15, 0.2) is 5.78 Å². The lowest BCUT2D eigenvalue weighted by Gasteiger charge is -2.10. The van der Waals surface area contributed by atoms with Gasteiger partial charge in [-0.15, -0.1) is 0 Å². The van der Waals surface area contributed by atoms with Crippen LogP contribution in [0.15, 0.2) is 41.7 Å². The van der Waals surface area contributed by atoms with Crippen molar-refractivity contribution in [1.29, 1.82) is 0 Å². The van der Waals surface area contributed by atoms with Gasteiger partial charge < -0.3 is 10.4 Å². The molecule has 1 aliphatic heterocycles. The van der Waals surface area contributed by atoms with E-state index < -0.39 is 11.9 Å². The van der Waals surface area contributed by atoms with E-state index in [1.165, 1.54) is 0 Å². The van der Waals surface area contributed by atoms with Crippen LogP contribution in [-0.4, -0.2) is 22.8 Å². The SMILES string of the molecule is O=C1NC(CCc2ccccc2)C(O)=C1C(=O)C1CC1. The van der Waals surface area contributed by atoms with Crippen LogP contribution in [0.25, 0.3) is 0 Å². The molecule has 1 aliphatic carbocycles. The lowest BCUT2D eigenvalue weighted by Crippen LogP contribution is -2.30. The predicted molar refractivity (Wildman–Crippen MR) is 74.1 cm³/mol. The van der Waals surface area contributed by atoms with Gasteiger partial charge >= 0.3 is 0 Å². The average Bonchev–Trinajstić information content (AvgIpc) is 3.25. The minimum atomic E-state index is -0.430. The molecule has 1 heterocycles. The van der Waals surface area contributed by atoms with Crippen molar-refractivity contribution >= 4 is 11.7 Å². The van der Waals surface area contributed by atoms with E-state index in [0.717, 1.165) is 24.8 Å². The fourth-order valence-corrected chi connectivity index (χ4v) is 2.54. The summed E-state index contributed by atoms with van der Waals surface area (Å²) >= 11 is 0. The van der Waals surface area contributed by atoms with Gasteiger partial charge in [0.1, 0.15) is 11.3 Å². The number of amides is 1. The number of aliphatic hydroxyl groups excluding tert-OH is 1. The maximum Gasteiger partial charge on any atom is 0.259 e. The average molecular weight is 271 g/mol. The molecule has 0 saturated heterocycles. The second-order valence-electron chi connectivity index (χ2n) is 5.45. The van der Waals surface area contributed by atoms with E-state index in [-0.39, 0.29) is 23.0 Å². The molecule has 1 atom stereocenters. The van der Waals surface area contributed by atoms with Crippen molar-refractivity contribution in [1.82, 2.24) is 5.32 Å². The van der Waals surface area contributed by atoms with Crippen molar-refractivity contribution < 1.29 is 14.7 Å². The number of Topliss-reactive ketones (excluding diaryl/α,β-unsaturated/α-hetero) is 1. The molecule has 2 aliphatic rings. The summed E-state index contributed by atoms with van der Waals surface area (Å²) in [6, 6.07) is 9.45. The first kappa shape index (κ1) is 12.9. The Kier molecular flexibility index (Phi) is 3.30. The van der Waals surface area contributed by atoms with Crippen LogP contribution >= 0.6 is 0 Å². The zero-order valence-electron chi connectivity index (χ0n) is 11.1. The Morgan fingerprint density at radius 1 is 1.25 bits per heavy atom. The third-order valence-corrected chi connectivity index (χ3v) is 3.88. The molecule has 4 nitrogen and oxygen atoms in total. The number of carbonyl (C=O) groups is 2. The fourth-order valence-electron chi connectivity index (χ4n) is 2.54. The maximum atomic E-state index is 12.0. The van der Waals surface area contributed by atoms with Gasteiger partial charge in [-0.25, -0.2) is 0 Å². The summed E-state index contributed by atoms with van der Waals surface area (Å²) in [5.41, 5.74) is 1.14. The number of rotatable bonds is 5. The number of ketones is 1. The van der Waals surface area contributed by atoms with Crippen molar-refractivity contribution in [2.45, 2.75) is 31.7 Å². The van der Waals surface area contributed by atoms with Gasteiger partial charge in [-0.3, -0.25) is 9.59 Å². The van der Waals surface area contributed by atoms with Gasteiger partial charge in [0.05, 0.1) is 6.04 Å². The molecule has 1 aromatic carbocycles. The Labute approximate surface area is 117 Å². The van der Waals surface area contributed by atoms with Crippen molar-refractivity contribution in [2.75, 3.05) is 0 Å². The number of hydrogen-bond acceptors (Lipinski definition) is 3. The van der Waals surface area contributed by atoms with Gasteiger partial charge in [0, 0.05) is 5.92 Å². The zero-order chi connectivity index (χ0) is 14.1. The minimum Gasteiger partial charge on any atom is -0.509 e. The smallest absolute Gasteiger partial charge is 0.259 e. The highest BCUT2D eigenvalue weighted by Crippen LogP contribution is 2.34. The Morgan fingerprint density at radius 3 is 2.60 bits per heavy atom. The normalized spacial score (nSPS) is 22.0. The van der Waals surface area contributed by atoms with E-state index in [2.05, 4.69) is 5.32 Å². The molecule has 104 valence electrons. The van der Waals surface area contributed by atoms with Crippen LogP contribution in [0.3, 0.4) is 0 Å². The summed E-state index contributed by atoms with van der Waals surface area (Å²) in [6.45, 7) is 0. The van der Waals surface area contributed by atoms with E-state index in [1.807, 2.05) is 30.3 Å². The number of nitrogens with one attached hydrogen (secondary N) is 1. The fraction of sp³-hybridized carbons (Fsp3) is 0.375. The zero-order valence-corrected chi connectivity index (χ0v) is 11.1. The van der Waals surface area contributed by atoms with Gasteiger partial charge in [-0.2, -0.15) is 0 Å². The molecule has 20 heavy (non-hydrogen) atoms. The number of aliphatic hydroxyl groups is 1. The van der Waals surface area contributed by atoms with Crippen LogP contribution in [-0.2, 0) is 16.0 Å². The van der Waals surface area contributed by atoms with E-state index >= 15 is 0 Å². The molecule has 1 saturated carbocycles. The Hall–Kier alpha value is -2.10. The molecule has 0 spiro atoms. The van der Waals surface area contributed by atoms with Crippen molar-refractivity contribution in [3.8, 4) is 0 Å². The quantitative estimate of drug-likeness (QED) is 0.804. The first-order valence-electron chi connectivity index (χ1n) is 6.99. The minimum absolute atomic E-state index is 0.00874. The summed E-state index contributed by atoms with van der Waals surface area (Å²) in [6.07, 6.45) is 3.01. The van der Waals surface area contributed by atoms with Gasteiger partial charge in [-0.05, 0) is 31.2 Å². The Bertz CT molecular complexity index is 573. The molecular formula is C16H17NO3. The first-order chi connectivity index (χ1) is 9.66. The van der Waals surface area contributed by atoms with Crippen LogP contribution in [0, 0.1) is 5.92 Å². The van der Waals surface area contributed by atoms with Gasteiger partial charge in [-0.1, -0.05) is 30.3 Å². The Balaban J connectivity index is 1.69. The number of carbonyl (C=O) groups excluding carboxylic acids is 2. The summed E-state index contributed by atoms with van der Waals surface area (Å²) in [5.74, 6) is -0.728. The van der Waals surface area contributed by atoms with Crippen LogP contribution < -0.4 is 5.32 Å². The van der Waals surface area contributed by atoms with E-state index in [4.69, 9.17) is 0 Å². The third-order valence-electron chi connectivity index (χ3n) is 3.88. The van der Waals surface area contributed by atoms with Crippen molar-refractivity contribution in [2.24, 2.45) is 5.92 Å². The lowest BCUT2D eigenvalue weighted by atomic mass is 10.0. The first-order valence-corrected chi connectivity index (χ1v) is 6.99. The molecule has 0 bridgehead atoms. The molecule has 2 N–H and O–H groups in total. The standard InChI is InChI=1S/C16H17NO3/c18-14(11-7-8-11)13-15(19)12(17-16(13)20)9-6-10-4-2-1-3-5-10/h1-5,11-12,19H,6-9H2,(H,17,20). The topological polar surface area (TPSA) is 66.4 Å². The highest BCUT2D eigenvalue weighted by molar-refractivity contribution is 6.22. The second kappa shape index (κ2) is 5.12. The van der Waals surface area contributed by atoms with Crippen LogP contribution in [0.4, 0.5) is 0 Å². The Morgan fingerprint density at radius 2 is 1.95 bits per heavy atom. The second-order valence-corrected chi connectivity index (χ2v) is 5.45. The molecule has 0 aromatic heterocycles. The maximum absolute atomic E-state index is 12.0. The van der Waals surface area contributed by atoms with Crippen molar-refractivity contribution in [3.05, 3.63) is 47.2 Å². The summed E-state index contributed by atoms with van der Waals surface area (Å²) in [7, 11) is 0. The summed E-state index contributed by atoms with van der Waals surface area (Å²) in [5, 5.41) is 12.8. The molecule has 3 rings (SSSR count). The van der Waals surface area contributed by atoms with Crippen LogP contribution in [0.1, 0.15) is 24.8 Å². The highest BCUT2D eigenvalue weighted by atomic mass is 16.3. The summed E-state index contributed by atoms with van der Waals surface area (Å²) < 4.78 is 0. The molecule has 4 heteroatoms. The number of hydrogen-bond donors (Lipinski definition) is 2. The molecule has 1 aromatic rings. The van der Waals surface area contributed by atoms with E-state index in [9.17, 15) is 14.7 Å². The van der Waals surface area contributed by atoms with E-state index in [0.29, 0.717) is 6.42 Å². The molecular weight excluding hydrogens is 254 g/mol. The lowest BCUT2D eigenvalue weighted by molar-refractivity contribution is -0.122. The largest absolute Gasteiger partial charge is 0.509 e.